The second-order valence-corrected chi connectivity index (χ2v) is 8.15. The van der Waals surface area contributed by atoms with E-state index in [-0.39, 0.29) is 5.82 Å². The van der Waals surface area contributed by atoms with Gasteiger partial charge in [0.1, 0.15) is 17.5 Å². The van der Waals surface area contributed by atoms with Crippen molar-refractivity contribution in [2.24, 2.45) is 0 Å². The van der Waals surface area contributed by atoms with Crippen molar-refractivity contribution in [3.63, 3.8) is 0 Å². The monoisotopic (exact) mass is 394 g/mol. The molecule has 150 valence electrons. The zero-order chi connectivity index (χ0) is 19.8. The van der Waals surface area contributed by atoms with E-state index in [0.717, 1.165) is 54.5 Å². The topological polar surface area (TPSA) is 41.1 Å². The van der Waals surface area contributed by atoms with Crippen molar-refractivity contribution in [3.05, 3.63) is 65.4 Å². The van der Waals surface area contributed by atoms with Crippen molar-refractivity contribution >= 4 is 16.9 Å². The molecule has 1 saturated carbocycles. The molecule has 1 N–H and O–H groups in total. The van der Waals surface area contributed by atoms with E-state index < -0.39 is 5.82 Å². The summed E-state index contributed by atoms with van der Waals surface area (Å²) in [7, 11) is 0. The Labute approximate surface area is 169 Å². The van der Waals surface area contributed by atoms with Gasteiger partial charge in [0.25, 0.3) is 0 Å². The predicted octanol–water partition coefficient (Wildman–Crippen LogP) is 4.86. The van der Waals surface area contributed by atoms with Crippen molar-refractivity contribution in [1.29, 1.82) is 0 Å². The molecule has 5 rings (SSSR count). The molecule has 6 heteroatoms. The number of benzene rings is 2. The zero-order valence-corrected chi connectivity index (χ0v) is 16.2. The minimum atomic E-state index is -0.390. The second-order valence-electron chi connectivity index (χ2n) is 8.15. The predicted molar refractivity (Wildman–Crippen MR) is 110 cm³/mol. The van der Waals surface area contributed by atoms with Crippen LogP contribution >= 0.6 is 0 Å². The average Bonchev–Trinajstić information content (AvgIpc) is 3.55. The number of halogens is 2. The van der Waals surface area contributed by atoms with Gasteiger partial charge in [0.15, 0.2) is 0 Å². The van der Waals surface area contributed by atoms with E-state index >= 15 is 0 Å². The Bertz CT molecular complexity index is 1030. The SMILES string of the molecule is Fc1ccc(F)c(CN2CCC(c3nc4ccccc4nc3NC3CC3)CC2)c1. The molecule has 1 saturated heterocycles. The maximum absolute atomic E-state index is 14.0. The Morgan fingerprint density at radius 3 is 2.38 bits per heavy atom. The first-order valence-electron chi connectivity index (χ1n) is 10.4. The molecule has 0 unspecified atom stereocenters. The van der Waals surface area contributed by atoms with Crippen LogP contribution in [-0.2, 0) is 6.54 Å². The fraction of sp³-hybridized carbons (Fsp3) is 0.391. The first-order chi connectivity index (χ1) is 14.2. The van der Waals surface area contributed by atoms with Crippen molar-refractivity contribution in [2.75, 3.05) is 18.4 Å². The molecular formula is C23H24F2N4. The van der Waals surface area contributed by atoms with E-state index in [1.165, 1.54) is 25.0 Å². The lowest BCUT2D eigenvalue weighted by Gasteiger charge is -2.32. The molecule has 1 aliphatic carbocycles. The first kappa shape index (κ1) is 18.4. The van der Waals surface area contributed by atoms with Gasteiger partial charge in [-0.25, -0.2) is 18.7 Å². The molecule has 0 spiro atoms. The van der Waals surface area contributed by atoms with Gasteiger partial charge < -0.3 is 5.32 Å². The molecule has 0 radical (unpaired) electrons. The molecule has 3 aromatic rings. The fourth-order valence-electron chi connectivity index (χ4n) is 4.10. The lowest BCUT2D eigenvalue weighted by Crippen LogP contribution is -2.33. The van der Waals surface area contributed by atoms with E-state index in [1.807, 2.05) is 24.3 Å². The van der Waals surface area contributed by atoms with Gasteiger partial charge in [-0.2, -0.15) is 0 Å². The largest absolute Gasteiger partial charge is 0.366 e. The number of anilines is 1. The van der Waals surface area contributed by atoms with Crippen LogP contribution in [0.1, 0.15) is 42.9 Å². The standard InChI is InChI=1S/C23H24F2N4/c24-17-5-8-19(25)16(13-17)14-29-11-9-15(10-12-29)22-23(26-18-6-7-18)28-21-4-2-1-3-20(21)27-22/h1-5,8,13,15,18H,6-7,9-12,14H2,(H,26,28). The van der Waals surface area contributed by atoms with Crippen LogP contribution in [0.25, 0.3) is 11.0 Å². The summed E-state index contributed by atoms with van der Waals surface area (Å²) in [6.45, 7) is 2.10. The van der Waals surface area contributed by atoms with Crippen LogP contribution < -0.4 is 5.32 Å². The summed E-state index contributed by atoms with van der Waals surface area (Å²) >= 11 is 0. The minimum absolute atomic E-state index is 0.321. The summed E-state index contributed by atoms with van der Waals surface area (Å²) in [6.07, 6.45) is 4.24. The quantitative estimate of drug-likeness (QED) is 0.671. The lowest BCUT2D eigenvalue weighted by molar-refractivity contribution is 0.201. The Hall–Kier alpha value is -2.60. The van der Waals surface area contributed by atoms with Crippen LogP contribution in [0.4, 0.5) is 14.6 Å². The Kier molecular flexibility index (Phi) is 4.87. The van der Waals surface area contributed by atoms with Gasteiger partial charge in [-0.3, -0.25) is 4.90 Å². The number of para-hydroxylation sites is 2. The highest BCUT2D eigenvalue weighted by atomic mass is 19.1. The number of fused-ring (bicyclic) bond motifs is 1. The summed E-state index contributed by atoms with van der Waals surface area (Å²) in [6, 6.07) is 12.2. The molecule has 0 amide bonds. The van der Waals surface area contributed by atoms with Crippen LogP contribution in [0.5, 0.6) is 0 Å². The van der Waals surface area contributed by atoms with Gasteiger partial charge in [-0.05, 0) is 69.1 Å². The lowest BCUT2D eigenvalue weighted by atomic mass is 9.92. The van der Waals surface area contributed by atoms with Gasteiger partial charge in [0.2, 0.25) is 0 Å². The second kappa shape index (κ2) is 7.67. The maximum atomic E-state index is 14.0. The fourth-order valence-corrected chi connectivity index (χ4v) is 4.10. The molecule has 1 aromatic heterocycles. The minimum Gasteiger partial charge on any atom is -0.366 e. The molecule has 2 aliphatic rings. The molecular weight excluding hydrogens is 370 g/mol. The number of rotatable bonds is 5. The highest BCUT2D eigenvalue weighted by molar-refractivity contribution is 5.76. The summed E-state index contributed by atoms with van der Waals surface area (Å²) in [5.74, 6) is 0.506. The molecule has 2 fully saturated rings. The smallest absolute Gasteiger partial charge is 0.149 e. The number of nitrogens with zero attached hydrogens (tertiary/aromatic N) is 3. The number of hydrogen-bond donors (Lipinski definition) is 1. The van der Waals surface area contributed by atoms with Gasteiger partial charge in [-0.1, -0.05) is 12.1 Å². The number of piperidine rings is 1. The first-order valence-corrected chi connectivity index (χ1v) is 10.4. The van der Waals surface area contributed by atoms with E-state index in [0.29, 0.717) is 24.1 Å². The molecule has 4 nitrogen and oxygen atoms in total. The zero-order valence-electron chi connectivity index (χ0n) is 16.2. The molecule has 29 heavy (non-hydrogen) atoms. The highest BCUT2D eigenvalue weighted by Gasteiger charge is 2.28. The van der Waals surface area contributed by atoms with Crippen LogP contribution in [-0.4, -0.2) is 34.0 Å². The molecule has 2 aromatic carbocycles. The average molecular weight is 394 g/mol. The third-order valence-electron chi connectivity index (χ3n) is 5.89. The van der Waals surface area contributed by atoms with Crippen LogP contribution in [0.2, 0.25) is 0 Å². The number of hydrogen-bond acceptors (Lipinski definition) is 4. The van der Waals surface area contributed by atoms with Crippen LogP contribution in [0, 0.1) is 11.6 Å². The van der Waals surface area contributed by atoms with Gasteiger partial charge in [0, 0.05) is 24.1 Å². The van der Waals surface area contributed by atoms with Crippen molar-refractivity contribution in [3.8, 4) is 0 Å². The molecule has 0 atom stereocenters. The van der Waals surface area contributed by atoms with Crippen molar-refractivity contribution in [2.45, 2.75) is 44.2 Å². The number of nitrogens with one attached hydrogen (secondary N) is 1. The van der Waals surface area contributed by atoms with E-state index in [9.17, 15) is 8.78 Å². The number of aromatic nitrogens is 2. The Morgan fingerprint density at radius 1 is 0.931 bits per heavy atom. The van der Waals surface area contributed by atoms with E-state index in [4.69, 9.17) is 9.97 Å². The third kappa shape index (κ3) is 4.08. The van der Waals surface area contributed by atoms with Crippen molar-refractivity contribution < 1.29 is 8.78 Å². The van der Waals surface area contributed by atoms with E-state index in [1.54, 1.807) is 0 Å². The van der Waals surface area contributed by atoms with Crippen LogP contribution in [0.15, 0.2) is 42.5 Å². The summed E-state index contributed by atoms with van der Waals surface area (Å²) < 4.78 is 27.4. The molecule has 0 bridgehead atoms. The summed E-state index contributed by atoms with van der Waals surface area (Å²) in [4.78, 5) is 12.0. The van der Waals surface area contributed by atoms with Gasteiger partial charge in [-0.15, -0.1) is 0 Å². The summed E-state index contributed by atoms with van der Waals surface area (Å²) in [5.41, 5.74) is 3.31. The van der Waals surface area contributed by atoms with Gasteiger partial charge >= 0.3 is 0 Å². The summed E-state index contributed by atoms with van der Waals surface area (Å²) in [5, 5.41) is 3.56. The van der Waals surface area contributed by atoms with E-state index in [2.05, 4.69) is 10.2 Å². The Balaban J connectivity index is 1.33. The normalized spacial score (nSPS) is 18.3. The highest BCUT2D eigenvalue weighted by Crippen LogP contribution is 2.35. The Morgan fingerprint density at radius 2 is 1.66 bits per heavy atom. The third-order valence-corrected chi connectivity index (χ3v) is 5.89. The molecule has 2 heterocycles. The van der Waals surface area contributed by atoms with Crippen molar-refractivity contribution in [1.82, 2.24) is 14.9 Å². The number of likely N-dealkylation sites (tertiary alicyclic amines) is 1. The maximum Gasteiger partial charge on any atom is 0.149 e. The van der Waals surface area contributed by atoms with Gasteiger partial charge in [0.05, 0.1) is 16.7 Å². The molecule has 1 aliphatic heterocycles. The van der Waals surface area contributed by atoms with Crippen LogP contribution in [0.3, 0.4) is 0 Å².